The lowest BCUT2D eigenvalue weighted by Gasteiger charge is -2.12. The molecule has 2 N–H and O–H groups in total. The van der Waals surface area contributed by atoms with E-state index in [9.17, 15) is 4.79 Å². The molecule has 1 saturated carbocycles. The van der Waals surface area contributed by atoms with Gasteiger partial charge in [0.15, 0.2) is 0 Å². The van der Waals surface area contributed by atoms with Gasteiger partial charge in [0.2, 0.25) is 5.91 Å². The Morgan fingerprint density at radius 3 is 2.81 bits per heavy atom. The molecule has 6 heteroatoms. The monoisotopic (exact) mass is 314 g/mol. The van der Waals surface area contributed by atoms with Crippen LogP contribution in [0.2, 0.25) is 0 Å². The minimum absolute atomic E-state index is 0. The van der Waals surface area contributed by atoms with Gasteiger partial charge in [-0.2, -0.15) is 0 Å². The summed E-state index contributed by atoms with van der Waals surface area (Å²) in [6.07, 6.45) is 2.50. The molecule has 21 heavy (non-hydrogen) atoms. The third-order valence-corrected chi connectivity index (χ3v) is 3.10. The molecule has 1 amide bonds. The number of ether oxygens (including phenoxy) is 2. The molecule has 1 fully saturated rings. The van der Waals surface area contributed by atoms with Crippen molar-refractivity contribution < 1.29 is 14.3 Å². The van der Waals surface area contributed by atoms with Gasteiger partial charge in [-0.1, -0.05) is 12.1 Å². The Balaban J connectivity index is 0.00000220. The number of carbonyl (C=O) groups is 1. The van der Waals surface area contributed by atoms with Crippen molar-refractivity contribution in [3.05, 3.63) is 24.3 Å². The Hall–Kier alpha value is -1.30. The quantitative estimate of drug-likeness (QED) is 0.685. The van der Waals surface area contributed by atoms with Crippen LogP contribution in [0.15, 0.2) is 24.3 Å². The van der Waals surface area contributed by atoms with E-state index in [2.05, 4.69) is 10.6 Å². The molecule has 0 saturated heterocycles. The molecule has 5 nitrogen and oxygen atoms in total. The lowest BCUT2D eigenvalue weighted by molar-refractivity contribution is -0.115. The number of benzene rings is 1. The van der Waals surface area contributed by atoms with Crippen molar-refractivity contribution in [2.75, 3.05) is 38.7 Å². The Morgan fingerprint density at radius 2 is 2.10 bits per heavy atom. The molecule has 0 bridgehead atoms. The lowest BCUT2D eigenvalue weighted by Crippen LogP contribution is -2.30. The van der Waals surface area contributed by atoms with E-state index in [4.69, 9.17) is 9.47 Å². The van der Waals surface area contributed by atoms with Crippen molar-refractivity contribution in [1.29, 1.82) is 0 Å². The zero-order valence-corrected chi connectivity index (χ0v) is 13.1. The van der Waals surface area contributed by atoms with Crippen molar-refractivity contribution in [1.82, 2.24) is 5.32 Å². The second kappa shape index (κ2) is 9.60. The van der Waals surface area contributed by atoms with Crippen LogP contribution >= 0.6 is 12.4 Å². The summed E-state index contributed by atoms with van der Waals surface area (Å²) in [6.45, 7) is 2.25. The maximum atomic E-state index is 11.8. The molecule has 0 radical (unpaired) electrons. The molecule has 1 aromatic rings. The molecule has 0 aromatic heterocycles. The van der Waals surface area contributed by atoms with Crippen molar-refractivity contribution in [3.63, 3.8) is 0 Å². The second-order valence-electron chi connectivity index (χ2n) is 4.97. The van der Waals surface area contributed by atoms with Gasteiger partial charge in [-0.15, -0.1) is 12.4 Å². The summed E-state index contributed by atoms with van der Waals surface area (Å²) < 4.78 is 10.7. The third kappa shape index (κ3) is 6.80. The van der Waals surface area contributed by atoms with E-state index in [1.165, 1.54) is 12.8 Å². The maximum Gasteiger partial charge on any atom is 0.238 e. The Labute approximate surface area is 131 Å². The first-order valence-corrected chi connectivity index (χ1v) is 7.01. The highest BCUT2D eigenvalue weighted by Gasteiger charge is 2.22. The number of amides is 1. The summed E-state index contributed by atoms with van der Waals surface area (Å²) in [5, 5.41) is 5.87. The molecule has 0 aliphatic heterocycles. The second-order valence-corrected chi connectivity index (χ2v) is 4.97. The van der Waals surface area contributed by atoms with Crippen LogP contribution in [0.25, 0.3) is 0 Å². The first kappa shape index (κ1) is 17.8. The van der Waals surface area contributed by atoms with Crippen LogP contribution in [0, 0.1) is 5.92 Å². The number of carbonyl (C=O) groups excluding carboxylic acids is 1. The zero-order chi connectivity index (χ0) is 14.2. The number of halogens is 1. The third-order valence-electron chi connectivity index (χ3n) is 3.10. The van der Waals surface area contributed by atoms with E-state index in [1.54, 1.807) is 7.11 Å². The molecule has 2 rings (SSSR count). The summed E-state index contributed by atoms with van der Waals surface area (Å²) in [5.74, 6) is 1.35. The smallest absolute Gasteiger partial charge is 0.238 e. The average molecular weight is 315 g/mol. The zero-order valence-electron chi connectivity index (χ0n) is 12.3. The minimum Gasteiger partial charge on any atom is -0.491 e. The minimum atomic E-state index is -0.0800. The highest BCUT2D eigenvalue weighted by molar-refractivity contribution is 5.93. The number of hydrogen-bond acceptors (Lipinski definition) is 4. The van der Waals surface area contributed by atoms with E-state index >= 15 is 0 Å². The number of para-hydroxylation sites is 2. The predicted octanol–water partition coefficient (Wildman–Crippen LogP) is 2.07. The molecular weight excluding hydrogens is 292 g/mol. The number of nitrogens with one attached hydrogen (secondary N) is 2. The van der Waals surface area contributed by atoms with Crippen molar-refractivity contribution in [2.24, 2.45) is 5.92 Å². The molecule has 0 atom stereocenters. The molecule has 118 valence electrons. The first-order chi connectivity index (χ1) is 9.79. The van der Waals surface area contributed by atoms with Crippen LogP contribution in [-0.2, 0) is 9.53 Å². The molecule has 0 unspecified atom stereocenters. The average Bonchev–Trinajstić information content (AvgIpc) is 3.27. The first-order valence-electron chi connectivity index (χ1n) is 7.01. The van der Waals surface area contributed by atoms with Crippen LogP contribution < -0.4 is 15.4 Å². The van der Waals surface area contributed by atoms with E-state index in [-0.39, 0.29) is 24.9 Å². The van der Waals surface area contributed by atoms with Gasteiger partial charge in [0, 0.05) is 13.7 Å². The van der Waals surface area contributed by atoms with Gasteiger partial charge in [-0.3, -0.25) is 4.79 Å². The summed E-state index contributed by atoms with van der Waals surface area (Å²) >= 11 is 0. The topological polar surface area (TPSA) is 59.6 Å². The number of anilines is 1. The molecule has 1 aromatic carbocycles. The molecule has 1 aliphatic rings. The highest BCUT2D eigenvalue weighted by Crippen LogP contribution is 2.31. The van der Waals surface area contributed by atoms with Gasteiger partial charge < -0.3 is 20.1 Å². The Bertz CT molecular complexity index is 439. The van der Waals surface area contributed by atoms with Crippen LogP contribution in [0.1, 0.15) is 12.8 Å². The van der Waals surface area contributed by atoms with Crippen molar-refractivity contribution in [2.45, 2.75) is 12.8 Å². The van der Waals surface area contributed by atoms with Crippen LogP contribution in [-0.4, -0.2) is 39.3 Å². The largest absolute Gasteiger partial charge is 0.491 e. The normalized spacial score (nSPS) is 13.4. The van der Waals surface area contributed by atoms with Gasteiger partial charge in [-0.05, 0) is 30.9 Å². The molecule has 1 aliphatic carbocycles. The number of methoxy groups -OCH3 is 1. The van der Waals surface area contributed by atoms with Crippen LogP contribution in [0.3, 0.4) is 0 Å². The van der Waals surface area contributed by atoms with Crippen LogP contribution in [0.4, 0.5) is 5.69 Å². The van der Waals surface area contributed by atoms with Gasteiger partial charge in [-0.25, -0.2) is 0 Å². The molecule has 0 spiro atoms. The molecular formula is C15H23ClN2O3. The van der Waals surface area contributed by atoms with E-state index in [0.29, 0.717) is 19.1 Å². The van der Waals surface area contributed by atoms with E-state index in [1.807, 2.05) is 24.3 Å². The number of hydrogen-bond donors (Lipinski definition) is 2. The maximum absolute atomic E-state index is 11.8. The summed E-state index contributed by atoms with van der Waals surface area (Å²) in [4.78, 5) is 11.8. The SMILES string of the molecule is COCCNCC(=O)Nc1ccccc1OCC1CC1.Cl. The fraction of sp³-hybridized carbons (Fsp3) is 0.533. The van der Waals surface area contributed by atoms with Gasteiger partial charge in [0.1, 0.15) is 5.75 Å². The predicted molar refractivity (Wildman–Crippen MR) is 85.3 cm³/mol. The standard InChI is InChI=1S/C15H22N2O3.ClH/c1-19-9-8-16-10-15(18)17-13-4-2-3-5-14(13)20-11-12-6-7-12;/h2-5,12,16H,6-11H2,1H3,(H,17,18);1H. The van der Waals surface area contributed by atoms with Crippen LogP contribution in [0.5, 0.6) is 5.75 Å². The Morgan fingerprint density at radius 1 is 1.33 bits per heavy atom. The van der Waals surface area contributed by atoms with E-state index < -0.39 is 0 Å². The lowest BCUT2D eigenvalue weighted by atomic mass is 10.3. The van der Waals surface area contributed by atoms with Crippen molar-refractivity contribution in [3.8, 4) is 5.75 Å². The molecule has 0 heterocycles. The van der Waals surface area contributed by atoms with Gasteiger partial charge in [0.05, 0.1) is 25.4 Å². The summed E-state index contributed by atoms with van der Waals surface area (Å²) in [6, 6.07) is 7.54. The van der Waals surface area contributed by atoms with E-state index in [0.717, 1.165) is 18.0 Å². The Kier molecular flexibility index (Phi) is 8.12. The van der Waals surface area contributed by atoms with Gasteiger partial charge >= 0.3 is 0 Å². The fourth-order valence-corrected chi connectivity index (χ4v) is 1.76. The number of rotatable bonds is 9. The van der Waals surface area contributed by atoms with Crippen molar-refractivity contribution >= 4 is 24.0 Å². The highest BCUT2D eigenvalue weighted by atomic mass is 35.5. The summed E-state index contributed by atoms with van der Waals surface area (Å²) in [5.41, 5.74) is 0.728. The summed E-state index contributed by atoms with van der Waals surface area (Å²) in [7, 11) is 1.63. The van der Waals surface area contributed by atoms with Gasteiger partial charge in [0.25, 0.3) is 0 Å². The fourth-order valence-electron chi connectivity index (χ4n) is 1.76.